The summed E-state index contributed by atoms with van der Waals surface area (Å²) in [7, 11) is 1.71. The van der Waals surface area contributed by atoms with Gasteiger partial charge >= 0.3 is 0 Å². The van der Waals surface area contributed by atoms with Gasteiger partial charge in [0.05, 0.1) is 13.2 Å². The van der Waals surface area contributed by atoms with Gasteiger partial charge in [0, 0.05) is 23.2 Å². The predicted molar refractivity (Wildman–Crippen MR) is 79.7 cm³/mol. The molecule has 0 spiro atoms. The Labute approximate surface area is 118 Å². The van der Waals surface area contributed by atoms with Gasteiger partial charge in [-0.15, -0.1) is 11.3 Å². The maximum Gasteiger partial charge on any atom is 0.123 e. The summed E-state index contributed by atoms with van der Waals surface area (Å²) in [5, 5.41) is 6.79. The minimum atomic E-state index is 0.227. The van der Waals surface area contributed by atoms with Gasteiger partial charge in [0.15, 0.2) is 0 Å². The van der Waals surface area contributed by atoms with Crippen molar-refractivity contribution in [1.82, 2.24) is 10.3 Å². The van der Waals surface area contributed by atoms with Crippen molar-refractivity contribution in [3.05, 3.63) is 46.4 Å². The average Bonchev–Trinajstić information content (AvgIpc) is 2.98. The summed E-state index contributed by atoms with van der Waals surface area (Å²) < 4.78 is 5.42. The number of rotatable bonds is 6. The molecule has 4 heteroatoms. The van der Waals surface area contributed by atoms with Crippen LogP contribution >= 0.6 is 11.3 Å². The number of methoxy groups -OCH3 is 1. The van der Waals surface area contributed by atoms with Crippen molar-refractivity contribution in [2.45, 2.75) is 32.4 Å². The molecule has 2 unspecified atom stereocenters. The monoisotopic (exact) mass is 276 g/mol. The number of ether oxygens (including phenoxy) is 1. The second kappa shape index (κ2) is 6.68. The first-order valence-corrected chi connectivity index (χ1v) is 7.42. The number of nitrogens with one attached hydrogen (secondary N) is 1. The highest BCUT2D eigenvalue weighted by atomic mass is 32.1. The lowest BCUT2D eigenvalue weighted by Gasteiger charge is -2.22. The van der Waals surface area contributed by atoms with Crippen LogP contribution in [0.25, 0.3) is 0 Å². The molecular formula is C15H20N2OS. The standard InChI is InChI=1S/C15H20N2OS/c1-4-13(15-16-9-10-19-15)17-11(2)12-7-5-6-8-14(12)18-3/h5-11,13,17H,4H2,1-3H3. The van der Waals surface area contributed by atoms with Crippen LogP contribution in [0.4, 0.5) is 0 Å². The van der Waals surface area contributed by atoms with Crippen molar-refractivity contribution >= 4 is 11.3 Å². The van der Waals surface area contributed by atoms with Gasteiger partial charge in [-0.1, -0.05) is 25.1 Å². The molecule has 2 rings (SSSR count). The molecule has 0 aliphatic rings. The Balaban J connectivity index is 2.13. The SMILES string of the molecule is CCC(NC(C)c1ccccc1OC)c1nccs1. The summed E-state index contributed by atoms with van der Waals surface area (Å²) >= 11 is 1.70. The van der Waals surface area contributed by atoms with E-state index in [2.05, 4.69) is 30.2 Å². The first kappa shape index (κ1) is 14.0. The summed E-state index contributed by atoms with van der Waals surface area (Å²) in [5.74, 6) is 0.927. The molecule has 2 atom stereocenters. The number of nitrogens with zero attached hydrogens (tertiary/aromatic N) is 1. The third-order valence-electron chi connectivity index (χ3n) is 3.21. The summed E-state index contributed by atoms with van der Waals surface area (Å²) in [6, 6.07) is 8.65. The summed E-state index contributed by atoms with van der Waals surface area (Å²) in [6.07, 6.45) is 2.88. The summed E-state index contributed by atoms with van der Waals surface area (Å²) in [5.41, 5.74) is 1.18. The average molecular weight is 276 g/mol. The Morgan fingerprint density at radius 3 is 2.79 bits per heavy atom. The Bertz CT molecular complexity index is 499. The Morgan fingerprint density at radius 2 is 2.16 bits per heavy atom. The fourth-order valence-corrected chi connectivity index (χ4v) is 2.97. The number of benzene rings is 1. The third kappa shape index (κ3) is 3.33. The molecule has 1 heterocycles. The molecule has 2 aromatic rings. The zero-order chi connectivity index (χ0) is 13.7. The molecule has 3 nitrogen and oxygen atoms in total. The molecule has 1 aromatic carbocycles. The van der Waals surface area contributed by atoms with Crippen molar-refractivity contribution in [3.8, 4) is 5.75 Å². The third-order valence-corrected chi connectivity index (χ3v) is 4.10. The van der Waals surface area contributed by atoms with Crippen molar-refractivity contribution < 1.29 is 4.74 Å². The smallest absolute Gasteiger partial charge is 0.123 e. The maximum absolute atomic E-state index is 5.42. The zero-order valence-corrected chi connectivity index (χ0v) is 12.4. The van der Waals surface area contributed by atoms with Gasteiger partial charge in [0.2, 0.25) is 0 Å². The van der Waals surface area contributed by atoms with Crippen LogP contribution in [0.5, 0.6) is 5.75 Å². The van der Waals surface area contributed by atoms with Crippen LogP contribution < -0.4 is 10.1 Å². The topological polar surface area (TPSA) is 34.1 Å². The van der Waals surface area contributed by atoms with Crippen LogP contribution in [0.2, 0.25) is 0 Å². The molecule has 0 aliphatic carbocycles. The van der Waals surface area contributed by atoms with Gasteiger partial charge in [0.1, 0.15) is 10.8 Å². The van der Waals surface area contributed by atoms with E-state index in [4.69, 9.17) is 4.74 Å². The molecule has 0 radical (unpaired) electrons. The Kier molecular flexibility index (Phi) is 4.93. The molecule has 0 aliphatic heterocycles. The van der Waals surface area contributed by atoms with E-state index in [0.29, 0.717) is 6.04 Å². The van der Waals surface area contributed by atoms with E-state index >= 15 is 0 Å². The molecule has 0 bridgehead atoms. The van der Waals surface area contributed by atoms with Crippen LogP contribution in [0, 0.1) is 0 Å². The highest BCUT2D eigenvalue weighted by molar-refractivity contribution is 7.09. The quantitative estimate of drug-likeness (QED) is 0.867. The molecular weight excluding hydrogens is 256 g/mol. The lowest BCUT2D eigenvalue weighted by molar-refractivity contribution is 0.391. The van der Waals surface area contributed by atoms with Crippen LogP contribution in [0.1, 0.15) is 42.9 Å². The predicted octanol–water partition coefficient (Wildman–Crippen LogP) is 3.95. The van der Waals surface area contributed by atoms with Gasteiger partial charge in [-0.3, -0.25) is 0 Å². The molecule has 1 N–H and O–H groups in total. The lowest BCUT2D eigenvalue weighted by atomic mass is 10.1. The summed E-state index contributed by atoms with van der Waals surface area (Å²) in [6.45, 7) is 4.34. The van der Waals surface area contributed by atoms with Gasteiger partial charge in [-0.25, -0.2) is 4.98 Å². The highest BCUT2D eigenvalue weighted by Crippen LogP contribution is 2.28. The van der Waals surface area contributed by atoms with Gasteiger partial charge < -0.3 is 10.1 Å². The minimum Gasteiger partial charge on any atom is -0.496 e. The molecule has 0 amide bonds. The summed E-state index contributed by atoms with van der Waals surface area (Å²) in [4.78, 5) is 4.40. The van der Waals surface area contributed by atoms with Crippen LogP contribution in [0.15, 0.2) is 35.8 Å². The number of hydrogen-bond donors (Lipinski definition) is 1. The first-order chi connectivity index (χ1) is 9.26. The number of para-hydroxylation sites is 1. The van der Waals surface area contributed by atoms with Crippen LogP contribution in [-0.4, -0.2) is 12.1 Å². The molecule has 0 fully saturated rings. The van der Waals surface area contributed by atoms with Crippen molar-refractivity contribution in [1.29, 1.82) is 0 Å². The lowest BCUT2D eigenvalue weighted by Crippen LogP contribution is -2.24. The van der Waals surface area contributed by atoms with E-state index in [9.17, 15) is 0 Å². The largest absolute Gasteiger partial charge is 0.496 e. The molecule has 0 saturated heterocycles. The van der Waals surface area contributed by atoms with Crippen molar-refractivity contribution in [2.24, 2.45) is 0 Å². The van der Waals surface area contributed by atoms with E-state index in [-0.39, 0.29) is 6.04 Å². The van der Waals surface area contributed by atoms with Crippen molar-refractivity contribution in [3.63, 3.8) is 0 Å². The Hall–Kier alpha value is -1.39. The van der Waals surface area contributed by atoms with E-state index in [1.54, 1.807) is 18.4 Å². The number of hydrogen-bond acceptors (Lipinski definition) is 4. The second-order valence-corrected chi connectivity index (χ2v) is 5.39. The van der Waals surface area contributed by atoms with Crippen molar-refractivity contribution in [2.75, 3.05) is 7.11 Å². The fraction of sp³-hybridized carbons (Fsp3) is 0.400. The van der Waals surface area contributed by atoms with E-state index in [1.807, 2.05) is 29.8 Å². The molecule has 0 saturated carbocycles. The fourth-order valence-electron chi connectivity index (χ4n) is 2.19. The van der Waals surface area contributed by atoms with Gasteiger partial charge in [0.25, 0.3) is 0 Å². The highest BCUT2D eigenvalue weighted by Gasteiger charge is 2.17. The van der Waals surface area contributed by atoms with E-state index < -0.39 is 0 Å². The molecule has 19 heavy (non-hydrogen) atoms. The number of aromatic nitrogens is 1. The second-order valence-electron chi connectivity index (χ2n) is 4.46. The van der Waals surface area contributed by atoms with E-state index in [1.165, 1.54) is 5.56 Å². The van der Waals surface area contributed by atoms with E-state index in [0.717, 1.165) is 17.2 Å². The number of thiazole rings is 1. The molecule has 1 aromatic heterocycles. The van der Waals surface area contributed by atoms with Crippen LogP contribution in [-0.2, 0) is 0 Å². The minimum absolute atomic E-state index is 0.227. The maximum atomic E-state index is 5.42. The molecule has 102 valence electrons. The van der Waals surface area contributed by atoms with Gasteiger partial charge in [-0.2, -0.15) is 0 Å². The Morgan fingerprint density at radius 1 is 1.37 bits per heavy atom. The first-order valence-electron chi connectivity index (χ1n) is 6.54. The van der Waals surface area contributed by atoms with Gasteiger partial charge in [-0.05, 0) is 19.4 Å². The van der Waals surface area contributed by atoms with Crippen LogP contribution in [0.3, 0.4) is 0 Å². The normalized spacial score (nSPS) is 14.1. The zero-order valence-electron chi connectivity index (χ0n) is 11.6.